The SMILES string of the molecule is Cc1ccc(NC(=O)N[C@H](C)CC#N)s1. The maximum Gasteiger partial charge on any atom is 0.320 e. The van der Waals surface area contributed by atoms with Crippen molar-refractivity contribution in [2.45, 2.75) is 26.3 Å². The fourth-order valence-corrected chi connectivity index (χ4v) is 1.82. The molecule has 0 unspecified atom stereocenters. The second kappa shape index (κ2) is 5.37. The molecule has 1 aromatic rings. The Morgan fingerprint density at radius 1 is 1.67 bits per heavy atom. The first-order chi connectivity index (χ1) is 7.11. The van der Waals surface area contributed by atoms with E-state index in [1.165, 1.54) is 11.3 Å². The summed E-state index contributed by atoms with van der Waals surface area (Å²) in [6.45, 7) is 3.77. The number of carbonyl (C=O) groups is 1. The number of amides is 2. The fraction of sp³-hybridized carbons (Fsp3) is 0.400. The number of aryl methyl sites for hydroxylation is 1. The lowest BCUT2D eigenvalue weighted by atomic mass is 10.3. The summed E-state index contributed by atoms with van der Waals surface area (Å²) in [5, 5.41) is 14.6. The molecule has 2 amide bonds. The predicted octanol–water partition coefficient (Wildman–Crippen LogP) is 2.48. The van der Waals surface area contributed by atoms with Crippen LogP contribution in [0.3, 0.4) is 0 Å². The van der Waals surface area contributed by atoms with Crippen molar-refractivity contribution < 1.29 is 4.79 Å². The van der Waals surface area contributed by atoms with Gasteiger partial charge in [0.15, 0.2) is 0 Å². The van der Waals surface area contributed by atoms with Crippen molar-refractivity contribution in [1.29, 1.82) is 5.26 Å². The average molecular weight is 223 g/mol. The Kier molecular flexibility index (Phi) is 4.13. The Morgan fingerprint density at radius 3 is 2.93 bits per heavy atom. The number of rotatable bonds is 3. The number of hydrogen-bond donors (Lipinski definition) is 2. The van der Waals surface area contributed by atoms with Crippen LogP contribution in [0, 0.1) is 18.3 Å². The molecular formula is C10H13N3OS. The maximum absolute atomic E-state index is 11.4. The van der Waals surface area contributed by atoms with Gasteiger partial charge >= 0.3 is 6.03 Å². The lowest BCUT2D eigenvalue weighted by Crippen LogP contribution is -2.35. The number of thiophene rings is 1. The van der Waals surface area contributed by atoms with Crippen molar-refractivity contribution in [2.24, 2.45) is 0 Å². The van der Waals surface area contributed by atoms with Crippen LogP contribution in [0.5, 0.6) is 0 Å². The van der Waals surface area contributed by atoms with Gasteiger partial charge in [-0.1, -0.05) is 0 Å². The van der Waals surface area contributed by atoms with Crippen LogP contribution >= 0.6 is 11.3 Å². The Balaban J connectivity index is 2.40. The van der Waals surface area contributed by atoms with Crippen molar-refractivity contribution in [3.8, 4) is 6.07 Å². The first-order valence-electron chi connectivity index (χ1n) is 4.62. The third-order valence-corrected chi connectivity index (χ3v) is 2.67. The molecule has 2 N–H and O–H groups in total. The normalized spacial score (nSPS) is 11.5. The minimum absolute atomic E-state index is 0.129. The Bertz CT molecular complexity index is 380. The van der Waals surface area contributed by atoms with E-state index in [1.807, 2.05) is 25.1 Å². The molecule has 0 fully saturated rings. The van der Waals surface area contributed by atoms with Gasteiger partial charge in [0.2, 0.25) is 0 Å². The molecule has 5 heteroatoms. The van der Waals surface area contributed by atoms with E-state index in [2.05, 4.69) is 10.6 Å². The van der Waals surface area contributed by atoms with Gasteiger partial charge in [-0.3, -0.25) is 5.32 Å². The lowest BCUT2D eigenvalue weighted by molar-refractivity contribution is 0.249. The molecule has 1 heterocycles. The van der Waals surface area contributed by atoms with Crippen LogP contribution in [-0.4, -0.2) is 12.1 Å². The number of nitriles is 1. The summed E-state index contributed by atoms with van der Waals surface area (Å²) in [6.07, 6.45) is 0.316. The third-order valence-electron chi connectivity index (χ3n) is 1.75. The molecule has 0 radical (unpaired) electrons. The van der Waals surface area contributed by atoms with Gasteiger partial charge < -0.3 is 5.32 Å². The van der Waals surface area contributed by atoms with E-state index >= 15 is 0 Å². The van der Waals surface area contributed by atoms with Gasteiger partial charge in [0.05, 0.1) is 17.5 Å². The topological polar surface area (TPSA) is 64.9 Å². The van der Waals surface area contributed by atoms with Crippen molar-refractivity contribution in [1.82, 2.24) is 5.32 Å². The standard InChI is InChI=1S/C10H13N3OS/c1-7(5-6-11)12-10(14)13-9-4-3-8(2)15-9/h3-4,7H,5H2,1-2H3,(H2,12,13,14)/t7-/m1/s1. The van der Waals surface area contributed by atoms with E-state index in [0.29, 0.717) is 6.42 Å². The van der Waals surface area contributed by atoms with E-state index in [-0.39, 0.29) is 12.1 Å². The second-order valence-corrected chi connectivity index (χ2v) is 4.56. The van der Waals surface area contributed by atoms with Crippen molar-refractivity contribution in [3.63, 3.8) is 0 Å². The largest absolute Gasteiger partial charge is 0.334 e. The number of nitrogens with zero attached hydrogens (tertiary/aromatic N) is 1. The summed E-state index contributed by atoms with van der Waals surface area (Å²) >= 11 is 1.52. The van der Waals surface area contributed by atoms with Gasteiger partial charge in [0.1, 0.15) is 0 Å². The molecule has 1 aromatic heterocycles. The number of urea groups is 1. The van der Waals surface area contributed by atoms with Gasteiger partial charge in [-0.15, -0.1) is 11.3 Å². The first-order valence-corrected chi connectivity index (χ1v) is 5.44. The van der Waals surface area contributed by atoms with Crippen LogP contribution in [0.15, 0.2) is 12.1 Å². The van der Waals surface area contributed by atoms with E-state index in [0.717, 1.165) is 9.88 Å². The van der Waals surface area contributed by atoms with Crippen LogP contribution in [0.4, 0.5) is 9.80 Å². The molecule has 15 heavy (non-hydrogen) atoms. The smallest absolute Gasteiger partial charge is 0.320 e. The van der Waals surface area contributed by atoms with Crippen LogP contribution in [-0.2, 0) is 0 Å². The minimum atomic E-state index is -0.264. The van der Waals surface area contributed by atoms with Gasteiger partial charge in [-0.2, -0.15) is 5.26 Å². The molecule has 0 aliphatic carbocycles. The highest BCUT2D eigenvalue weighted by molar-refractivity contribution is 7.16. The number of anilines is 1. The van der Waals surface area contributed by atoms with Crippen LogP contribution in [0.25, 0.3) is 0 Å². The zero-order valence-electron chi connectivity index (χ0n) is 8.70. The van der Waals surface area contributed by atoms with E-state index in [1.54, 1.807) is 6.92 Å². The molecule has 0 aromatic carbocycles. The second-order valence-electron chi connectivity index (χ2n) is 3.27. The predicted molar refractivity (Wildman–Crippen MR) is 60.9 cm³/mol. The van der Waals surface area contributed by atoms with E-state index in [9.17, 15) is 4.79 Å². The zero-order valence-corrected chi connectivity index (χ0v) is 9.52. The van der Waals surface area contributed by atoms with Gasteiger partial charge in [0, 0.05) is 10.9 Å². The monoisotopic (exact) mass is 223 g/mol. The summed E-state index contributed by atoms with van der Waals surface area (Å²) in [7, 11) is 0. The molecule has 0 bridgehead atoms. The van der Waals surface area contributed by atoms with E-state index in [4.69, 9.17) is 5.26 Å². The molecular weight excluding hydrogens is 210 g/mol. The highest BCUT2D eigenvalue weighted by Crippen LogP contribution is 2.20. The molecule has 0 aliphatic rings. The molecule has 0 saturated carbocycles. The Morgan fingerprint density at radius 2 is 2.40 bits per heavy atom. The molecule has 0 saturated heterocycles. The highest BCUT2D eigenvalue weighted by atomic mass is 32.1. The molecule has 4 nitrogen and oxygen atoms in total. The van der Waals surface area contributed by atoms with Crippen LogP contribution < -0.4 is 10.6 Å². The van der Waals surface area contributed by atoms with Gasteiger partial charge in [0.25, 0.3) is 0 Å². The lowest BCUT2D eigenvalue weighted by Gasteiger charge is -2.10. The van der Waals surface area contributed by atoms with Crippen LogP contribution in [0.1, 0.15) is 18.2 Å². The fourth-order valence-electron chi connectivity index (χ4n) is 1.06. The molecule has 1 atom stereocenters. The van der Waals surface area contributed by atoms with Crippen LogP contribution in [0.2, 0.25) is 0 Å². The Labute approximate surface area is 92.9 Å². The molecule has 0 spiro atoms. The first kappa shape index (κ1) is 11.5. The Hall–Kier alpha value is -1.54. The van der Waals surface area contributed by atoms with Crippen molar-refractivity contribution in [3.05, 3.63) is 17.0 Å². The van der Waals surface area contributed by atoms with Crippen molar-refractivity contribution in [2.75, 3.05) is 5.32 Å². The number of nitrogens with one attached hydrogen (secondary N) is 2. The minimum Gasteiger partial charge on any atom is -0.334 e. The summed E-state index contributed by atoms with van der Waals surface area (Å²) in [6, 6.07) is 5.41. The van der Waals surface area contributed by atoms with Crippen molar-refractivity contribution >= 4 is 22.4 Å². The number of hydrogen-bond acceptors (Lipinski definition) is 3. The highest BCUT2D eigenvalue weighted by Gasteiger charge is 2.07. The van der Waals surface area contributed by atoms with E-state index < -0.39 is 0 Å². The maximum atomic E-state index is 11.4. The quantitative estimate of drug-likeness (QED) is 0.826. The van der Waals surface area contributed by atoms with Gasteiger partial charge in [-0.25, -0.2) is 4.79 Å². The molecule has 80 valence electrons. The molecule has 0 aliphatic heterocycles. The summed E-state index contributed by atoms with van der Waals surface area (Å²) in [5.74, 6) is 0. The van der Waals surface area contributed by atoms with Gasteiger partial charge in [-0.05, 0) is 26.0 Å². The average Bonchev–Trinajstić information content (AvgIpc) is 2.51. The number of carbonyl (C=O) groups excluding carboxylic acids is 1. The third kappa shape index (κ3) is 4.00. The summed E-state index contributed by atoms with van der Waals surface area (Å²) in [4.78, 5) is 12.5. The molecule has 1 rings (SSSR count). The summed E-state index contributed by atoms with van der Waals surface area (Å²) in [5.41, 5.74) is 0. The summed E-state index contributed by atoms with van der Waals surface area (Å²) < 4.78 is 0. The zero-order chi connectivity index (χ0) is 11.3.